The fourth-order valence-corrected chi connectivity index (χ4v) is 3.00. The maximum absolute atomic E-state index is 12.9. The van der Waals surface area contributed by atoms with Gasteiger partial charge in [0.05, 0.1) is 6.10 Å². The standard InChI is InChI=1S/C21H29N5O6/c1-10(18(28)25-11(2)21(31)32)24-19(29)16(26-20(30)17(22)12(3)27)8-13-9-23-15-7-5-4-6-14(13)15/h4-7,9-12,16-17,23,27H,8,22H2,1-3H3,(H,24,29)(H,25,28)(H,26,30)(H,31,32). The zero-order chi connectivity index (χ0) is 24.0. The molecule has 1 aromatic carbocycles. The number of fused-ring (bicyclic) bond motifs is 1. The molecule has 1 aromatic heterocycles. The van der Waals surface area contributed by atoms with E-state index in [-0.39, 0.29) is 6.42 Å². The highest BCUT2D eigenvalue weighted by molar-refractivity contribution is 5.94. The van der Waals surface area contributed by atoms with Gasteiger partial charge in [0.2, 0.25) is 17.7 Å². The number of aromatic amines is 1. The van der Waals surface area contributed by atoms with Crippen molar-refractivity contribution in [3.63, 3.8) is 0 Å². The number of carboxylic acid groups (broad SMARTS) is 1. The lowest BCUT2D eigenvalue weighted by Gasteiger charge is -2.23. The molecule has 0 radical (unpaired) electrons. The Morgan fingerprint density at radius 2 is 1.59 bits per heavy atom. The largest absolute Gasteiger partial charge is 0.480 e. The Bertz CT molecular complexity index is 988. The van der Waals surface area contributed by atoms with E-state index >= 15 is 0 Å². The maximum Gasteiger partial charge on any atom is 0.325 e. The number of benzene rings is 1. The van der Waals surface area contributed by atoms with Gasteiger partial charge in [-0.2, -0.15) is 0 Å². The summed E-state index contributed by atoms with van der Waals surface area (Å²) in [5.41, 5.74) is 7.29. The van der Waals surface area contributed by atoms with Crippen LogP contribution in [0.4, 0.5) is 0 Å². The van der Waals surface area contributed by atoms with E-state index in [0.717, 1.165) is 16.5 Å². The van der Waals surface area contributed by atoms with E-state index in [9.17, 15) is 24.3 Å². The van der Waals surface area contributed by atoms with Gasteiger partial charge in [-0.1, -0.05) is 18.2 Å². The third-order valence-corrected chi connectivity index (χ3v) is 5.04. The molecule has 5 atom stereocenters. The van der Waals surface area contributed by atoms with Crippen LogP contribution >= 0.6 is 0 Å². The topological polar surface area (TPSA) is 187 Å². The summed E-state index contributed by atoms with van der Waals surface area (Å²) in [5.74, 6) is -3.29. The van der Waals surface area contributed by atoms with Crippen LogP contribution in [0.3, 0.4) is 0 Å². The number of hydrogen-bond acceptors (Lipinski definition) is 6. The number of aromatic nitrogens is 1. The third-order valence-electron chi connectivity index (χ3n) is 5.04. The van der Waals surface area contributed by atoms with Crippen molar-refractivity contribution in [3.05, 3.63) is 36.0 Å². The molecule has 174 valence electrons. The zero-order valence-corrected chi connectivity index (χ0v) is 18.1. The molecule has 0 saturated heterocycles. The second kappa shape index (κ2) is 10.7. The number of aliphatic carboxylic acids is 1. The smallest absolute Gasteiger partial charge is 0.325 e. The molecule has 11 nitrogen and oxygen atoms in total. The number of aliphatic hydroxyl groups excluding tert-OH is 1. The molecule has 2 aromatic rings. The lowest BCUT2D eigenvalue weighted by atomic mass is 10.0. The molecule has 0 fully saturated rings. The van der Waals surface area contributed by atoms with E-state index < -0.39 is 54.0 Å². The molecule has 0 aliphatic carbocycles. The first kappa shape index (κ1) is 24.8. The molecular weight excluding hydrogens is 418 g/mol. The molecule has 11 heteroatoms. The number of hydrogen-bond donors (Lipinski definition) is 7. The Labute approximate surface area is 184 Å². The Kier molecular flexibility index (Phi) is 8.33. The average molecular weight is 447 g/mol. The highest BCUT2D eigenvalue weighted by Gasteiger charge is 2.29. The predicted molar refractivity (Wildman–Crippen MR) is 116 cm³/mol. The highest BCUT2D eigenvalue weighted by atomic mass is 16.4. The maximum atomic E-state index is 12.9. The predicted octanol–water partition coefficient (Wildman–Crippen LogP) is -1.00. The van der Waals surface area contributed by atoms with Crippen LogP contribution in [0, 0.1) is 0 Å². The molecule has 0 saturated carbocycles. The van der Waals surface area contributed by atoms with Gasteiger partial charge in [0, 0.05) is 23.5 Å². The first-order valence-electron chi connectivity index (χ1n) is 10.1. The number of amides is 3. The summed E-state index contributed by atoms with van der Waals surface area (Å²) in [5, 5.41) is 26.7. The van der Waals surface area contributed by atoms with Gasteiger partial charge < -0.3 is 36.9 Å². The number of rotatable bonds is 10. The summed E-state index contributed by atoms with van der Waals surface area (Å²) in [7, 11) is 0. The van der Waals surface area contributed by atoms with Crippen LogP contribution in [0.15, 0.2) is 30.5 Å². The monoisotopic (exact) mass is 447 g/mol. The number of para-hydroxylation sites is 1. The van der Waals surface area contributed by atoms with E-state index in [0.29, 0.717) is 0 Å². The fraction of sp³-hybridized carbons (Fsp3) is 0.429. The fourth-order valence-electron chi connectivity index (χ4n) is 3.00. The van der Waals surface area contributed by atoms with E-state index in [2.05, 4.69) is 20.9 Å². The minimum Gasteiger partial charge on any atom is -0.480 e. The first-order chi connectivity index (χ1) is 15.0. The summed E-state index contributed by atoms with van der Waals surface area (Å²) in [6.07, 6.45) is 0.679. The molecule has 32 heavy (non-hydrogen) atoms. The molecule has 2 rings (SSSR count). The molecule has 0 aliphatic rings. The molecule has 0 bridgehead atoms. The van der Waals surface area contributed by atoms with E-state index in [1.165, 1.54) is 20.8 Å². The normalized spacial score (nSPS) is 15.8. The minimum absolute atomic E-state index is 0.0913. The van der Waals surface area contributed by atoms with Gasteiger partial charge >= 0.3 is 5.97 Å². The number of aliphatic hydroxyl groups is 1. The van der Waals surface area contributed by atoms with Crippen LogP contribution in [0.1, 0.15) is 26.3 Å². The number of carbonyl (C=O) groups excluding carboxylic acids is 3. The summed E-state index contributed by atoms with van der Waals surface area (Å²) in [6, 6.07) is 2.89. The molecule has 5 unspecified atom stereocenters. The van der Waals surface area contributed by atoms with Crippen LogP contribution in [-0.2, 0) is 25.6 Å². The van der Waals surface area contributed by atoms with Crippen molar-refractivity contribution in [1.29, 1.82) is 0 Å². The van der Waals surface area contributed by atoms with Crippen molar-refractivity contribution < 1.29 is 29.4 Å². The Balaban J connectivity index is 2.19. The van der Waals surface area contributed by atoms with Crippen LogP contribution in [0.2, 0.25) is 0 Å². The van der Waals surface area contributed by atoms with E-state index in [1.54, 1.807) is 6.20 Å². The number of carbonyl (C=O) groups is 4. The van der Waals surface area contributed by atoms with Gasteiger partial charge in [0.25, 0.3) is 0 Å². The Hall–Kier alpha value is -3.44. The molecule has 0 spiro atoms. The van der Waals surface area contributed by atoms with Crippen molar-refractivity contribution in [2.45, 2.75) is 57.5 Å². The van der Waals surface area contributed by atoms with Crippen LogP contribution in [0.25, 0.3) is 10.9 Å². The summed E-state index contributed by atoms with van der Waals surface area (Å²) < 4.78 is 0. The van der Waals surface area contributed by atoms with E-state index in [1.807, 2.05) is 24.3 Å². The first-order valence-corrected chi connectivity index (χ1v) is 10.1. The molecule has 8 N–H and O–H groups in total. The molecular formula is C21H29N5O6. The lowest BCUT2D eigenvalue weighted by molar-refractivity contribution is -0.141. The number of carboxylic acids is 1. The van der Waals surface area contributed by atoms with Gasteiger partial charge in [0.15, 0.2) is 0 Å². The van der Waals surface area contributed by atoms with Crippen molar-refractivity contribution in [2.24, 2.45) is 5.73 Å². The van der Waals surface area contributed by atoms with Crippen LogP contribution in [0.5, 0.6) is 0 Å². The highest BCUT2D eigenvalue weighted by Crippen LogP contribution is 2.19. The Morgan fingerprint density at radius 1 is 0.969 bits per heavy atom. The quantitative estimate of drug-likeness (QED) is 0.243. The van der Waals surface area contributed by atoms with E-state index in [4.69, 9.17) is 10.8 Å². The zero-order valence-electron chi connectivity index (χ0n) is 18.1. The second-order valence-electron chi connectivity index (χ2n) is 7.69. The summed E-state index contributed by atoms with van der Waals surface area (Å²) in [6.45, 7) is 4.05. The van der Waals surface area contributed by atoms with Crippen LogP contribution < -0.4 is 21.7 Å². The van der Waals surface area contributed by atoms with Crippen molar-refractivity contribution in [2.75, 3.05) is 0 Å². The number of H-pyrrole nitrogens is 1. The van der Waals surface area contributed by atoms with Gasteiger partial charge in [-0.3, -0.25) is 19.2 Å². The molecule has 0 aliphatic heterocycles. The van der Waals surface area contributed by atoms with Crippen molar-refractivity contribution in [1.82, 2.24) is 20.9 Å². The number of nitrogens with two attached hydrogens (primary N) is 1. The average Bonchev–Trinajstić information content (AvgIpc) is 3.15. The van der Waals surface area contributed by atoms with Crippen molar-refractivity contribution in [3.8, 4) is 0 Å². The van der Waals surface area contributed by atoms with Gasteiger partial charge in [-0.25, -0.2) is 0 Å². The molecule has 1 heterocycles. The lowest BCUT2D eigenvalue weighted by Crippen LogP contribution is -2.57. The van der Waals surface area contributed by atoms with Crippen molar-refractivity contribution >= 4 is 34.6 Å². The van der Waals surface area contributed by atoms with Gasteiger partial charge in [0.1, 0.15) is 24.2 Å². The van der Waals surface area contributed by atoms with Gasteiger partial charge in [-0.15, -0.1) is 0 Å². The summed E-state index contributed by atoms with van der Waals surface area (Å²) in [4.78, 5) is 51.5. The molecule has 3 amide bonds. The summed E-state index contributed by atoms with van der Waals surface area (Å²) >= 11 is 0. The Morgan fingerprint density at radius 3 is 2.22 bits per heavy atom. The third kappa shape index (κ3) is 6.28. The number of nitrogens with one attached hydrogen (secondary N) is 4. The second-order valence-corrected chi connectivity index (χ2v) is 7.69. The van der Waals surface area contributed by atoms with Crippen LogP contribution in [-0.4, -0.2) is 69.2 Å². The minimum atomic E-state index is -1.24. The van der Waals surface area contributed by atoms with Gasteiger partial charge in [-0.05, 0) is 32.4 Å². The SMILES string of the molecule is CC(NC(=O)C(C)NC(=O)C(Cc1c[nH]c2ccccc12)NC(=O)C(N)C(C)O)C(=O)O.